The van der Waals surface area contributed by atoms with E-state index < -0.39 is 0 Å². The van der Waals surface area contributed by atoms with Crippen molar-refractivity contribution in [1.29, 1.82) is 0 Å². The summed E-state index contributed by atoms with van der Waals surface area (Å²) in [6.07, 6.45) is 15.3. The zero-order chi connectivity index (χ0) is 22.6. The van der Waals surface area contributed by atoms with E-state index in [4.69, 9.17) is 0 Å². The highest BCUT2D eigenvalue weighted by molar-refractivity contribution is 5.31. The molecule has 0 spiro atoms. The lowest BCUT2D eigenvalue weighted by molar-refractivity contribution is -0.0782. The molecular weight excluding hydrogens is 380 g/mol. The van der Waals surface area contributed by atoms with Crippen molar-refractivity contribution in [3.8, 4) is 0 Å². The van der Waals surface area contributed by atoms with E-state index in [0.717, 1.165) is 36.0 Å². The first-order valence-electron chi connectivity index (χ1n) is 13.6. The summed E-state index contributed by atoms with van der Waals surface area (Å²) in [6, 6.07) is 0. The van der Waals surface area contributed by atoms with E-state index >= 15 is 0 Å². The molecule has 3 fully saturated rings. The fourth-order valence-corrected chi connectivity index (χ4v) is 9.45. The summed E-state index contributed by atoms with van der Waals surface area (Å²) < 4.78 is 0. The molecular formula is C29H50O2. The number of fused-ring (bicyclic) bond motifs is 5. The monoisotopic (exact) mass is 430 g/mol. The molecule has 3 saturated carbocycles. The van der Waals surface area contributed by atoms with Crippen LogP contribution in [0.2, 0.25) is 0 Å². The first kappa shape index (κ1) is 23.8. The minimum Gasteiger partial charge on any atom is -0.396 e. The molecule has 0 bridgehead atoms. The van der Waals surface area contributed by atoms with Crippen molar-refractivity contribution in [2.24, 2.45) is 51.8 Å². The Bertz CT molecular complexity index is 680. The summed E-state index contributed by atoms with van der Waals surface area (Å²) in [5.74, 6) is 4.70. The third-order valence-electron chi connectivity index (χ3n) is 11.4. The van der Waals surface area contributed by atoms with Gasteiger partial charge in [-0.05, 0) is 97.7 Å². The molecule has 0 amide bonds. The topological polar surface area (TPSA) is 40.5 Å². The smallest absolute Gasteiger partial charge is 0.0628 e. The highest BCUT2D eigenvalue weighted by Crippen LogP contribution is 2.68. The molecule has 0 aromatic rings. The van der Waals surface area contributed by atoms with E-state index in [-0.39, 0.29) is 11.5 Å². The van der Waals surface area contributed by atoms with Crippen molar-refractivity contribution in [2.75, 3.05) is 6.61 Å². The van der Waals surface area contributed by atoms with Gasteiger partial charge in [-0.25, -0.2) is 0 Å². The van der Waals surface area contributed by atoms with Gasteiger partial charge in [-0.15, -0.1) is 0 Å². The molecule has 0 aliphatic heterocycles. The third-order valence-corrected chi connectivity index (χ3v) is 11.4. The third kappa shape index (κ3) is 3.76. The van der Waals surface area contributed by atoms with Gasteiger partial charge in [0.1, 0.15) is 0 Å². The molecule has 9 atom stereocenters. The molecule has 0 aromatic heterocycles. The zero-order valence-corrected chi connectivity index (χ0v) is 21.3. The Morgan fingerprint density at radius 2 is 1.71 bits per heavy atom. The normalized spacial score (nSPS) is 45.8. The summed E-state index contributed by atoms with van der Waals surface area (Å²) in [5.41, 5.74) is 2.35. The summed E-state index contributed by atoms with van der Waals surface area (Å²) in [6.45, 7) is 14.8. The number of aliphatic hydroxyl groups is 2. The van der Waals surface area contributed by atoms with Gasteiger partial charge in [0.15, 0.2) is 0 Å². The number of rotatable bonds is 6. The fourth-order valence-electron chi connectivity index (χ4n) is 9.45. The van der Waals surface area contributed by atoms with Crippen LogP contribution in [-0.2, 0) is 0 Å². The maximum absolute atomic E-state index is 10.7. The van der Waals surface area contributed by atoms with Crippen LogP contribution in [0.5, 0.6) is 0 Å². The molecule has 0 saturated heterocycles. The standard InChI is InChI=1S/C29H50O2/c1-19(18-30)8-7-9-20(2)22-11-12-23-21-10-13-25-27(3,4)26(31)15-17-29(25,6)24(21)14-16-28(22,23)5/h13,19-24,26,30-31H,7-12,14-18H2,1-6H3/t19-,20+,21-,22+,23-,24-,26?,28+,29+/m0/s1. The van der Waals surface area contributed by atoms with Gasteiger partial charge >= 0.3 is 0 Å². The van der Waals surface area contributed by atoms with E-state index in [1.54, 1.807) is 5.57 Å². The first-order valence-corrected chi connectivity index (χ1v) is 13.6. The summed E-state index contributed by atoms with van der Waals surface area (Å²) in [5, 5.41) is 20.1. The van der Waals surface area contributed by atoms with Crippen LogP contribution >= 0.6 is 0 Å². The lowest BCUT2D eigenvalue weighted by Gasteiger charge is -2.61. The van der Waals surface area contributed by atoms with Gasteiger partial charge in [0.2, 0.25) is 0 Å². The van der Waals surface area contributed by atoms with E-state index in [1.165, 1.54) is 57.8 Å². The second-order valence-electron chi connectivity index (χ2n) is 13.3. The van der Waals surface area contributed by atoms with Crippen LogP contribution in [0.25, 0.3) is 0 Å². The quantitative estimate of drug-likeness (QED) is 0.445. The Kier molecular flexibility index (Phi) is 6.50. The molecule has 4 rings (SSSR count). The van der Waals surface area contributed by atoms with Gasteiger partial charge in [0, 0.05) is 12.0 Å². The molecule has 4 aliphatic rings. The largest absolute Gasteiger partial charge is 0.396 e. The molecule has 31 heavy (non-hydrogen) atoms. The molecule has 2 nitrogen and oxygen atoms in total. The maximum Gasteiger partial charge on any atom is 0.0628 e. The molecule has 2 heteroatoms. The van der Waals surface area contributed by atoms with Crippen LogP contribution in [0.1, 0.15) is 106 Å². The number of hydrogen-bond acceptors (Lipinski definition) is 2. The van der Waals surface area contributed by atoms with Crippen molar-refractivity contribution in [3.63, 3.8) is 0 Å². The summed E-state index contributed by atoms with van der Waals surface area (Å²) >= 11 is 0. The lowest BCUT2D eigenvalue weighted by atomic mass is 9.44. The zero-order valence-electron chi connectivity index (χ0n) is 21.3. The van der Waals surface area contributed by atoms with Crippen LogP contribution in [0.4, 0.5) is 0 Å². The van der Waals surface area contributed by atoms with Gasteiger partial charge in [0.25, 0.3) is 0 Å². The molecule has 178 valence electrons. The molecule has 4 aliphatic carbocycles. The fraction of sp³-hybridized carbons (Fsp3) is 0.931. The Morgan fingerprint density at radius 3 is 2.42 bits per heavy atom. The predicted molar refractivity (Wildman–Crippen MR) is 130 cm³/mol. The van der Waals surface area contributed by atoms with E-state index in [9.17, 15) is 10.2 Å². The Morgan fingerprint density at radius 1 is 0.968 bits per heavy atom. The SMILES string of the molecule is C[C@H](CO)CCC[C@@H](C)[C@H]1CC[C@H]2[C@@H]3CC=C4C(C)(C)C(O)CC[C@]4(C)[C@H]3CC[C@]12C. The molecule has 1 unspecified atom stereocenters. The van der Waals surface area contributed by atoms with Crippen LogP contribution in [0, 0.1) is 51.8 Å². The summed E-state index contributed by atoms with van der Waals surface area (Å²) in [4.78, 5) is 0. The van der Waals surface area contributed by atoms with Crippen molar-refractivity contribution in [2.45, 2.75) is 112 Å². The molecule has 2 N–H and O–H groups in total. The van der Waals surface area contributed by atoms with Crippen LogP contribution < -0.4 is 0 Å². The second-order valence-corrected chi connectivity index (χ2v) is 13.3. The Balaban J connectivity index is 1.50. The Labute approximate surface area is 192 Å². The van der Waals surface area contributed by atoms with Crippen molar-refractivity contribution >= 4 is 0 Å². The molecule has 0 heterocycles. The minimum absolute atomic E-state index is 0.0584. The number of hydrogen-bond donors (Lipinski definition) is 2. The average Bonchev–Trinajstić information content (AvgIpc) is 3.08. The van der Waals surface area contributed by atoms with E-state index in [2.05, 4.69) is 47.6 Å². The predicted octanol–water partition coefficient (Wildman–Crippen LogP) is 7.00. The lowest BCUT2D eigenvalue weighted by Crippen LogP contribution is -2.54. The highest BCUT2D eigenvalue weighted by atomic mass is 16.3. The van der Waals surface area contributed by atoms with Crippen LogP contribution in [-0.4, -0.2) is 22.9 Å². The van der Waals surface area contributed by atoms with Gasteiger partial charge in [-0.3, -0.25) is 0 Å². The van der Waals surface area contributed by atoms with Gasteiger partial charge < -0.3 is 10.2 Å². The van der Waals surface area contributed by atoms with E-state index in [0.29, 0.717) is 23.4 Å². The number of allylic oxidation sites excluding steroid dienone is 1. The van der Waals surface area contributed by atoms with Gasteiger partial charge in [0.05, 0.1) is 6.10 Å². The van der Waals surface area contributed by atoms with Crippen LogP contribution in [0.15, 0.2) is 11.6 Å². The van der Waals surface area contributed by atoms with Crippen molar-refractivity contribution in [1.82, 2.24) is 0 Å². The van der Waals surface area contributed by atoms with E-state index in [1.807, 2.05) is 0 Å². The second kappa shape index (κ2) is 8.46. The highest BCUT2D eigenvalue weighted by Gasteiger charge is 2.61. The first-order chi connectivity index (χ1) is 14.6. The maximum atomic E-state index is 10.7. The molecule has 0 radical (unpaired) electrons. The van der Waals surface area contributed by atoms with Crippen LogP contribution in [0.3, 0.4) is 0 Å². The van der Waals surface area contributed by atoms with Gasteiger partial charge in [-0.1, -0.05) is 66.0 Å². The Hall–Kier alpha value is -0.340. The van der Waals surface area contributed by atoms with Gasteiger partial charge in [-0.2, -0.15) is 0 Å². The number of aliphatic hydroxyl groups excluding tert-OH is 2. The minimum atomic E-state index is -0.178. The van der Waals surface area contributed by atoms with Crippen molar-refractivity contribution in [3.05, 3.63) is 11.6 Å². The molecule has 0 aromatic carbocycles. The average molecular weight is 431 g/mol. The van der Waals surface area contributed by atoms with Crippen molar-refractivity contribution < 1.29 is 10.2 Å². The summed E-state index contributed by atoms with van der Waals surface area (Å²) in [7, 11) is 0.